The maximum atomic E-state index is 12.4. The zero-order chi connectivity index (χ0) is 21.2. The number of carbonyl (C=O) groups excluding carboxylic acids is 1. The largest absolute Gasteiger partial charge is 0.497 e. The van der Waals surface area contributed by atoms with Crippen molar-refractivity contribution < 1.29 is 9.53 Å². The second-order valence-corrected chi connectivity index (χ2v) is 8.05. The standard InChI is InChI=1S/C23H37N5O2/c1-3-24-23(26-18-22(29)28-15-7-8-16-28)25-17-21(27-13-5-4-6-14-27)19-9-11-20(30-2)12-10-19/h9-12,21H,3-8,13-18H2,1-2H3,(H2,24,25,26). The molecule has 0 aromatic heterocycles. The predicted molar refractivity (Wildman–Crippen MR) is 121 cm³/mol. The number of likely N-dealkylation sites (tertiary alicyclic amines) is 2. The molecule has 2 fully saturated rings. The molecule has 2 aliphatic heterocycles. The molecule has 1 aromatic carbocycles. The molecule has 7 heteroatoms. The number of rotatable bonds is 8. The first kappa shape index (κ1) is 22.4. The number of benzene rings is 1. The Morgan fingerprint density at radius 3 is 2.33 bits per heavy atom. The van der Waals surface area contributed by atoms with Gasteiger partial charge in [0.2, 0.25) is 5.91 Å². The molecule has 1 unspecified atom stereocenters. The van der Waals surface area contributed by atoms with Crippen LogP contribution in [0.2, 0.25) is 0 Å². The van der Waals surface area contributed by atoms with E-state index in [-0.39, 0.29) is 18.5 Å². The molecule has 0 radical (unpaired) electrons. The summed E-state index contributed by atoms with van der Waals surface area (Å²) in [5.74, 6) is 1.70. The summed E-state index contributed by atoms with van der Waals surface area (Å²) in [5, 5.41) is 6.77. The van der Waals surface area contributed by atoms with Crippen molar-refractivity contribution in [2.75, 3.05) is 52.9 Å². The highest BCUT2D eigenvalue weighted by atomic mass is 16.5. The van der Waals surface area contributed by atoms with Crippen LogP contribution in [0.4, 0.5) is 0 Å². The third-order valence-electron chi connectivity index (χ3n) is 5.97. The van der Waals surface area contributed by atoms with Gasteiger partial charge in [0, 0.05) is 26.2 Å². The van der Waals surface area contributed by atoms with Gasteiger partial charge < -0.3 is 20.3 Å². The van der Waals surface area contributed by atoms with Crippen molar-refractivity contribution in [3.8, 4) is 5.75 Å². The van der Waals surface area contributed by atoms with Crippen molar-refractivity contribution >= 4 is 11.9 Å². The highest BCUT2D eigenvalue weighted by Crippen LogP contribution is 2.25. The molecule has 7 nitrogen and oxygen atoms in total. The van der Waals surface area contributed by atoms with Gasteiger partial charge in [0.05, 0.1) is 13.2 Å². The quantitative estimate of drug-likeness (QED) is 0.504. The van der Waals surface area contributed by atoms with Gasteiger partial charge in [-0.25, -0.2) is 4.99 Å². The molecule has 2 heterocycles. The first-order valence-corrected chi connectivity index (χ1v) is 11.4. The van der Waals surface area contributed by atoms with Crippen LogP contribution in [0.3, 0.4) is 0 Å². The normalized spacial score (nSPS) is 18.9. The molecule has 166 valence electrons. The smallest absolute Gasteiger partial charge is 0.244 e. The molecule has 30 heavy (non-hydrogen) atoms. The van der Waals surface area contributed by atoms with Crippen molar-refractivity contribution in [2.45, 2.75) is 45.1 Å². The van der Waals surface area contributed by atoms with Gasteiger partial charge in [0.1, 0.15) is 12.3 Å². The summed E-state index contributed by atoms with van der Waals surface area (Å²) < 4.78 is 5.33. The van der Waals surface area contributed by atoms with Crippen molar-refractivity contribution in [2.24, 2.45) is 4.99 Å². The molecular weight excluding hydrogens is 378 g/mol. The van der Waals surface area contributed by atoms with Crippen LogP contribution in [0.15, 0.2) is 29.3 Å². The number of methoxy groups -OCH3 is 1. The van der Waals surface area contributed by atoms with E-state index in [0.29, 0.717) is 5.96 Å². The van der Waals surface area contributed by atoms with Crippen LogP contribution in [0.1, 0.15) is 50.6 Å². The number of carbonyl (C=O) groups is 1. The van der Waals surface area contributed by atoms with E-state index in [1.807, 2.05) is 24.0 Å². The summed E-state index contributed by atoms with van der Waals surface area (Å²) in [7, 11) is 1.70. The van der Waals surface area contributed by atoms with E-state index in [1.54, 1.807) is 7.11 Å². The van der Waals surface area contributed by atoms with Gasteiger partial charge >= 0.3 is 0 Å². The van der Waals surface area contributed by atoms with Crippen molar-refractivity contribution in [1.29, 1.82) is 0 Å². The summed E-state index contributed by atoms with van der Waals surface area (Å²) in [5.41, 5.74) is 1.27. The van der Waals surface area contributed by atoms with Gasteiger partial charge in [-0.05, 0) is 63.4 Å². The second-order valence-electron chi connectivity index (χ2n) is 8.05. The molecule has 0 bridgehead atoms. The minimum Gasteiger partial charge on any atom is -0.497 e. The van der Waals surface area contributed by atoms with Gasteiger partial charge in [-0.15, -0.1) is 0 Å². The minimum absolute atomic E-state index is 0.118. The van der Waals surface area contributed by atoms with Gasteiger partial charge in [0.15, 0.2) is 5.96 Å². The Hall–Kier alpha value is -2.28. The Balaban J connectivity index is 1.66. The van der Waals surface area contributed by atoms with Crippen LogP contribution >= 0.6 is 0 Å². The molecule has 2 N–H and O–H groups in total. The molecule has 1 amide bonds. The van der Waals surface area contributed by atoms with Crippen LogP contribution in [0, 0.1) is 0 Å². The summed E-state index contributed by atoms with van der Waals surface area (Å²) in [6.07, 6.45) is 6.00. The van der Waals surface area contributed by atoms with Crippen LogP contribution < -0.4 is 15.4 Å². The first-order valence-electron chi connectivity index (χ1n) is 11.4. The number of hydrogen-bond acceptors (Lipinski definition) is 4. The molecular formula is C23H37N5O2. The zero-order valence-electron chi connectivity index (χ0n) is 18.5. The van der Waals surface area contributed by atoms with E-state index >= 15 is 0 Å². The van der Waals surface area contributed by atoms with E-state index in [2.05, 4.69) is 32.7 Å². The number of piperidine rings is 1. The number of amides is 1. The Labute approximate surface area is 180 Å². The van der Waals surface area contributed by atoms with Crippen LogP contribution in [-0.4, -0.2) is 74.6 Å². The topological polar surface area (TPSA) is 69.2 Å². The Kier molecular flexibility index (Phi) is 8.81. The SMILES string of the molecule is CCNC(=NCC(=O)N1CCCC1)NCC(c1ccc(OC)cc1)N1CCCCC1. The molecule has 3 rings (SSSR count). The van der Waals surface area contributed by atoms with Gasteiger partial charge in [-0.1, -0.05) is 18.6 Å². The highest BCUT2D eigenvalue weighted by Gasteiger charge is 2.23. The molecule has 1 aromatic rings. The Morgan fingerprint density at radius 2 is 1.70 bits per heavy atom. The number of guanidine groups is 1. The lowest BCUT2D eigenvalue weighted by molar-refractivity contribution is -0.128. The van der Waals surface area contributed by atoms with Crippen molar-refractivity contribution in [3.63, 3.8) is 0 Å². The third-order valence-corrected chi connectivity index (χ3v) is 5.97. The van der Waals surface area contributed by atoms with Crippen LogP contribution in [-0.2, 0) is 4.79 Å². The summed E-state index contributed by atoms with van der Waals surface area (Å²) >= 11 is 0. The third kappa shape index (κ3) is 6.36. The maximum Gasteiger partial charge on any atom is 0.244 e. The molecule has 2 aliphatic rings. The fourth-order valence-electron chi connectivity index (χ4n) is 4.26. The fourth-order valence-corrected chi connectivity index (χ4v) is 4.26. The lowest BCUT2D eigenvalue weighted by Crippen LogP contribution is -2.45. The maximum absolute atomic E-state index is 12.4. The fraction of sp³-hybridized carbons (Fsp3) is 0.652. The van der Waals surface area contributed by atoms with Crippen LogP contribution in [0.25, 0.3) is 0 Å². The van der Waals surface area contributed by atoms with Crippen molar-refractivity contribution in [3.05, 3.63) is 29.8 Å². The highest BCUT2D eigenvalue weighted by molar-refractivity contribution is 5.85. The monoisotopic (exact) mass is 415 g/mol. The van der Waals surface area contributed by atoms with E-state index in [4.69, 9.17) is 4.74 Å². The molecule has 0 saturated carbocycles. The van der Waals surface area contributed by atoms with Gasteiger partial charge in [-0.3, -0.25) is 9.69 Å². The molecule has 0 spiro atoms. The predicted octanol–water partition coefficient (Wildman–Crippen LogP) is 2.40. The first-order chi connectivity index (χ1) is 14.7. The lowest BCUT2D eigenvalue weighted by Gasteiger charge is -2.35. The average Bonchev–Trinajstić information content (AvgIpc) is 3.33. The van der Waals surface area contributed by atoms with E-state index < -0.39 is 0 Å². The molecule has 2 saturated heterocycles. The number of ether oxygens (including phenoxy) is 1. The Morgan fingerprint density at radius 1 is 1.03 bits per heavy atom. The number of nitrogens with one attached hydrogen (secondary N) is 2. The number of hydrogen-bond donors (Lipinski definition) is 2. The Bertz CT molecular complexity index is 679. The molecule has 0 aliphatic carbocycles. The summed E-state index contributed by atoms with van der Waals surface area (Å²) in [6, 6.07) is 8.62. The van der Waals surface area contributed by atoms with Gasteiger partial charge in [0.25, 0.3) is 0 Å². The molecule has 1 atom stereocenters. The summed E-state index contributed by atoms with van der Waals surface area (Å²) in [4.78, 5) is 21.4. The van der Waals surface area contributed by atoms with Gasteiger partial charge in [-0.2, -0.15) is 0 Å². The average molecular weight is 416 g/mol. The van der Waals surface area contributed by atoms with Crippen molar-refractivity contribution in [1.82, 2.24) is 20.4 Å². The lowest BCUT2D eigenvalue weighted by atomic mass is 10.0. The van der Waals surface area contributed by atoms with Crippen LogP contribution in [0.5, 0.6) is 5.75 Å². The van der Waals surface area contributed by atoms with E-state index in [0.717, 1.165) is 57.9 Å². The number of aliphatic imine (C=N–C) groups is 1. The van der Waals surface area contributed by atoms with E-state index in [1.165, 1.54) is 24.8 Å². The minimum atomic E-state index is 0.118. The zero-order valence-corrected chi connectivity index (χ0v) is 18.5. The second kappa shape index (κ2) is 11.8. The number of nitrogens with zero attached hydrogens (tertiary/aromatic N) is 3. The van der Waals surface area contributed by atoms with E-state index in [9.17, 15) is 4.79 Å². The summed E-state index contributed by atoms with van der Waals surface area (Å²) in [6.45, 7) is 7.71.